The minimum Gasteiger partial charge on any atom is -0.368 e. The fraction of sp³-hybridized carbons (Fsp3) is 0.409. The van der Waals surface area contributed by atoms with Crippen molar-refractivity contribution in [1.29, 1.82) is 0 Å². The van der Waals surface area contributed by atoms with Gasteiger partial charge in [0, 0.05) is 12.2 Å². The average molecular weight is 364 g/mol. The van der Waals surface area contributed by atoms with Crippen LogP contribution in [0.1, 0.15) is 59.3 Å². The monoisotopic (exact) mass is 364 g/mol. The molecule has 0 unspecified atom stereocenters. The standard InChI is InChI=1S/C22H28N4O/c1-15-11-16(2)21(17(3)12-15)26-22(27)19-13-25-20(14-24-19)23-10-9-18-7-5-4-6-8-18/h7,11-14H,4-6,8-10H2,1-3H3,(H,23,25)(H,26,27). The van der Waals surface area contributed by atoms with Crippen molar-refractivity contribution in [3.63, 3.8) is 0 Å². The smallest absolute Gasteiger partial charge is 0.275 e. The van der Waals surface area contributed by atoms with Crippen molar-refractivity contribution < 1.29 is 4.79 Å². The predicted octanol–water partition coefficient (Wildman–Crippen LogP) is 4.96. The number of allylic oxidation sites excluding steroid dienone is 1. The highest BCUT2D eigenvalue weighted by atomic mass is 16.1. The summed E-state index contributed by atoms with van der Waals surface area (Å²) in [5.41, 5.74) is 5.96. The molecule has 2 N–H and O–H groups in total. The Morgan fingerprint density at radius 1 is 1.07 bits per heavy atom. The van der Waals surface area contributed by atoms with Gasteiger partial charge in [0.2, 0.25) is 0 Å². The van der Waals surface area contributed by atoms with Gasteiger partial charge in [0.05, 0.1) is 12.4 Å². The third-order valence-electron chi connectivity index (χ3n) is 4.94. The van der Waals surface area contributed by atoms with Gasteiger partial charge in [-0.25, -0.2) is 9.97 Å². The number of carbonyl (C=O) groups is 1. The molecule has 1 aromatic carbocycles. The van der Waals surface area contributed by atoms with Crippen molar-refractivity contribution >= 4 is 17.4 Å². The Morgan fingerprint density at radius 2 is 1.85 bits per heavy atom. The molecule has 1 aliphatic carbocycles. The zero-order valence-corrected chi connectivity index (χ0v) is 16.4. The van der Waals surface area contributed by atoms with Gasteiger partial charge in [0.15, 0.2) is 0 Å². The van der Waals surface area contributed by atoms with Crippen LogP contribution < -0.4 is 10.6 Å². The van der Waals surface area contributed by atoms with Gasteiger partial charge in [-0.05, 0) is 64.0 Å². The highest BCUT2D eigenvalue weighted by molar-refractivity contribution is 6.03. The van der Waals surface area contributed by atoms with E-state index in [-0.39, 0.29) is 5.91 Å². The molecule has 5 nitrogen and oxygen atoms in total. The number of anilines is 2. The van der Waals surface area contributed by atoms with Crippen LogP contribution in [0, 0.1) is 20.8 Å². The Hall–Kier alpha value is -2.69. The molecule has 0 saturated carbocycles. The molecule has 0 saturated heterocycles. The van der Waals surface area contributed by atoms with Gasteiger partial charge in [-0.15, -0.1) is 0 Å². The van der Waals surface area contributed by atoms with Crippen molar-refractivity contribution in [2.24, 2.45) is 0 Å². The van der Waals surface area contributed by atoms with Gasteiger partial charge in [-0.3, -0.25) is 4.79 Å². The molecule has 1 aliphatic rings. The second-order valence-electron chi connectivity index (χ2n) is 7.30. The molecule has 1 amide bonds. The molecule has 0 fully saturated rings. The SMILES string of the molecule is Cc1cc(C)c(NC(=O)c2cnc(NCCC3=CCCCC3)cn2)c(C)c1. The van der Waals surface area contributed by atoms with Crippen LogP contribution in [0.25, 0.3) is 0 Å². The third kappa shape index (κ3) is 5.16. The Kier molecular flexibility index (Phi) is 6.22. The number of hydrogen-bond acceptors (Lipinski definition) is 4. The van der Waals surface area contributed by atoms with E-state index in [4.69, 9.17) is 0 Å². The minimum atomic E-state index is -0.239. The molecule has 1 heterocycles. The van der Waals surface area contributed by atoms with Crippen molar-refractivity contribution in [3.8, 4) is 0 Å². The zero-order valence-electron chi connectivity index (χ0n) is 16.4. The van der Waals surface area contributed by atoms with Crippen LogP contribution in [-0.4, -0.2) is 22.4 Å². The van der Waals surface area contributed by atoms with Gasteiger partial charge >= 0.3 is 0 Å². The normalized spacial score (nSPS) is 13.8. The largest absolute Gasteiger partial charge is 0.368 e. The second kappa shape index (κ2) is 8.80. The molecule has 0 aliphatic heterocycles. The summed E-state index contributed by atoms with van der Waals surface area (Å²) in [5.74, 6) is 0.460. The van der Waals surface area contributed by atoms with Gasteiger partial charge in [0.1, 0.15) is 11.5 Å². The van der Waals surface area contributed by atoms with E-state index in [1.807, 2.05) is 20.8 Å². The number of nitrogens with one attached hydrogen (secondary N) is 2. The Balaban J connectivity index is 1.56. The summed E-state index contributed by atoms with van der Waals surface area (Å²) < 4.78 is 0. The number of hydrogen-bond donors (Lipinski definition) is 2. The highest BCUT2D eigenvalue weighted by Gasteiger charge is 2.12. The Bertz CT molecular complexity index is 817. The minimum absolute atomic E-state index is 0.239. The second-order valence-corrected chi connectivity index (χ2v) is 7.30. The first-order valence-corrected chi connectivity index (χ1v) is 9.66. The molecule has 27 heavy (non-hydrogen) atoms. The lowest BCUT2D eigenvalue weighted by Crippen LogP contribution is -2.16. The third-order valence-corrected chi connectivity index (χ3v) is 4.94. The summed E-state index contributed by atoms with van der Waals surface area (Å²) in [6.07, 6.45) is 11.6. The van der Waals surface area contributed by atoms with Crippen LogP contribution in [0.15, 0.2) is 36.2 Å². The lowest BCUT2D eigenvalue weighted by molar-refractivity contribution is 0.102. The van der Waals surface area contributed by atoms with Gasteiger partial charge in [-0.1, -0.05) is 29.3 Å². The molecule has 1 aromatic heterocycles. The van der Waals surface area contributed by atoms with Crippen molar-refractivity contribution in [1.82, 2.24) is 9.97 Å². The lowest BCUT2D eigenvalue weighted by Gasteiger charge is -2.13. The lowest BCUT2D eigenvalue weighted by atomic mass is 9.97. The number of amides is 1. The average Bonchev–Trinajstić information content (AvgIpc) is 2.66. The molecule has 0 bridgehead atoms. The maximum absolute atomic E-state index is 12.5. The number of aromatic nitrogens is 2. The maximum Gasteiger partial charge on any atom is 0.275 e. The summed E-state index contributed by atoms with van der Waals surface area (Å²) in [6, 6.07) is 4.12. The Morgan fingerprint density at radius 3 is 2.48 bits per heavy atom. The molecular formula is C22H28N4O. The summed E-state index contributed by atoms with van der Waals surface area (Å²) in [6.45, 7) is 6.88. The van der Waals surface area contributed by atoms with Gasteiger partial charge in [-0.2, -0.15) is 0 Å². The summed E-state index contributed by atoms with van der Waals surface area (Å²) >= 11 is 0. The predicted molar refractivity (Wildman–Crippen MR) is 110 cm³/mol. The van der Waals surface area contributed by atoms with E-state index >= 15 is 0 Å². The first-order chi connectivity index (χ1) is 13.0. The molecule has 142 valence electrons. The first kappa shape index (κ1) is 19.1. The van der Waals surface area contributed by atoms with Crippen molar-refractivity contribution in [2.45, 2.75) is 52.9 Å². The van der Waals surface area contributed by atoms with E-state index in [2.05, 4.69) is 38.8 Å². The number of nitrogens with zero attached hydrogens (tertiary/aromatic N) is 2. The van der Waals surface area contributed by atoms with Gasteiger partial charge in [0.25, 0.3) is 5.91 Å². The zero-order chi connectivity index (χ0) is 19.2. The van der Waals surface area contributed by atoms with Crippen LogP contribution in [-0.2, 0) is 0 Å². The number of aryl methyl sites for hydroxylation is 3. The topological polar surface area (TPSA) is 66.9 Å². The molecule has 2 aromatic rings. The molecule has 5 heteroatoms. The van der Waals surface area contributed by atoms with Crippen LogP contribution in [0.2, 0.25) is 0 Å². The van der Waals surface area contributed by atoms with E-state index in [9.17, 15) is 4.79 Å². The molecule has 0 radical (unpaired) electrons. The van der Waals surface area contributed by atoms with Crippen LogP contribution in [0.5, 0.6) is 0 Å². The Labute approximate surface area is 161 Å². The molecule has 0 atom stereocenters. The highest BCUT2D eigenvalue weighted by Crippen LogP contribution is 2.22. The van der Waals surface area contributed by atoms with Gasteiger partial charge < -0.3 is 10.6 Å². The van der Waals surface area contributed by atoms with E-state index in [1.54, 1.807) is 6.20 Å². The summed E-state index contributed by atoms with van der Waals surface area (Å²) in [4.78, 5) is 21.1. The fourth-order valence-corrected chi connectivity index (χ4v) is 3.57. The molecule has 0 spiro atoms. The number of benzene rings is 1. The fourth-order valence-electron chi connectivity index (χ4n) is 3.57. The summed E-state index contributed by atoms with van der Waals surface area (Å²) in [5, 5.41) is 6.24. The van der Waals surface area contributed by atoms with Crippen molar-refractivity contribution in [3.05, 3.63) is 58.6 Å². The van der Waals surface area contributed by atoms with E-state index < -0.39 is 0 Å². The maximum atomic E-state index is 12.5. The quantitative estimate of drug-likeness (QED) is 0.711. The molecule has 3 rings (SSSR count). The van der Waals surface area contributed by atoms with E-state index in [0.717, 1.165) is 29.8 Å². The summed E-state index contributed by atoms with van der Waals surface area (Å²) in [7, 11) is 0. The first-order valence-electron chi connectivity index (χ1n) is 9.66. The van der Waals surface area contributed by atoms with Crippen LogP contribution in [0.3, 0.4) is 0 Å². The van der Waals surface area contributed by atoms with Crippen molar-refractivity contribution in [2.75, 3.05) is 17.2 Å². The van der Waals surface area contributed by atoms with Crippen LogP contribution in [0.4, 0.5) is 11.5 Å². The molecular weight excluding hydrogens is 336 g/mol. The van der Waals surface area contributed by atoms with E-state index in [0.29, 0.717) is 11.5 Å². The van der Waals surface area contributed by atoms with E-state index in [1.165, 1.54) is 43.0 Å². The van der Waals surface area contributed by atoms with Crippen LogP contribution >= 0.6 is 0 Å². The number of rotatable bonds is 6. The number of carbonyl (C=O) groups excluding carboxylic acids is 1.